The van der Waals surface area contributed by atoms with Crippen molar-refractivity contribution in [2.45, 2.75) is 50.6 Å². The van der Waals surface area contributed by atoms with Crippen molar-refractivity contribution < 1.29 is 4.21 Å². The van der Waals surface area contributed by atoms with E-state index in [0.717, 1.165) is 24.7 Å². The lowest BCUT2D eigenvalue weighted by molar-refractivity contribution is 0.210. The zero-order valence-electron chi connectivity index (χ0n) is 21.1. The molecule has 1 atom stereocenters. The Kier molecular flexibility index (Phi) is 6.05. The average molecular weight is 515 g/mol. The van der Waals surface area contributed by atoms with Crippen LogP contribution in [0.4, 0.5) is 29.1 Å². The fourth-order valence-electron chi connectivity index (χ4n) is 5.50. The Morgan fingerprint density at radius 2 is 1.97 bits per heavy atom. The Morgan fingerprint density at radius 3 is 2.76 bits per heavy atom. The molecule has 0 saturated heterocycles. The summed E-state index contributed by atoms with van der Waals surface area (Å²) in [5.74, 6) is 2.20. The lowest BCUT2D eigenvalue weighted by atomic mass is 9.77. The normalized spacial score (nSPS) is 19.0. The molecule has 0 radical (unpaired) electrons. The highest BCUT2D eigenvalue weighted by Crippen LogP contribution is 2.43. The van der Waals surface area contributed by atoms with E-state index in [4.69, 9.17) is 0 Å². The Hall–Kier alpha value is -3.55. The maximum absolute atomic E-state index is 12.1. The van der Waals surface area contributed by atoms with E-state index in [1.54, 1.807) is 36.3 Å². The highest BCUT2D eigenvalue weighted by atomic mass is 32.2. The smallest absolute Gasteiger partial charge is 0.229 e. The van der Waals surface area contributed by atoms with E-state index < -0.39 is 9.73 Å². The molecule has 1 aromatic carbocycles. The second-order valence-electron chi connectivity index (χ2n) is 10.4. The molecule has 1 fully saturated rings. The summed E-state index contributed by atoms with van der Waals surface area (Å²) in [6.07, 6.45) is 10.9. The average Bonchev–Trinajstić information content (AvgIpc) is 3.69. The molecule has 9 nitrogen and oxygen atoms in total. The van der Waals surface area contributed by atoms with Crippen molar-refractivity contribution in [1.82, 2.24) is 19.9 Å². The number of rotatable bonds is 6. The van der Waals surface area contributed by atoms with Gasteiger partial charge in [-0.25, -0.2) is 14.2 Å². The molecule has 0 bridgehead atoms. The molecule has 190 valence electrons. The fraction of sp³-hybridized carbons (Fsp3) is 0.407. The second kappa shape index (κ2) is 9.39. The lowest BCUT2D eigenvalue weighted by Gasteiger charge is -2.39. The lowest BCUT2D eigenvalue weighted by Crippen LogP contribution is -2.37. The number of hydrogen-bond acceptors (Lipinski definition) is 9. The van der Waals surface area contributed by atoms with Crippen LogP contribution < -0.4 is 10.6 Å². The topological polar surface area (TPSA) is 119 Å². The molecule has 37 heavy (non-hydrogen) atoms. The maximum Gasteiger partial charge on any atom is 0.229 e. The van der Waals surface area contributed by atoms with Crippen molar-refractivity contribution in [2.75, 3.05) is 29.7 Å². The third kappa shape index (κ3) is 5.29. The number of benzene rings is 1. The van der Waals surface area contributed by atoms with E-state index in [1.807, 2.05) is 0 Å². The van der Waals surface area contributed by atoms with Crippen molar-refractivity contribution in [2.24, 2.45) is 4.36 Å². The molecule has 0 spiro atoms. The minimum Gasteiger partial charge on any atom is -0.324 e. The molecular weight excluding hydrogens is 484 g/mol. The Morgan fingerprint density at radius 1 is 1.14 bits per heavy atom. The number of aryl methyl sites for hydroxylation is 1. The van der Waals surface area contributed by atoms with E-state index >= 15 is 0 Å². The highest BCUT2D eigenvalue weighted by Gasteiger charge is 2.37. The van der Waals surface area contributed by atoms with Gasteiger partial charge in [0.25, 0.3) is 0 Å². The zero-order chi connectivity index (χ0) is 25.6. The number of hydrogen-bond donors (Lipinski definition) is 2. The third-order valence-corrected chi connectivity index (χ3v) is 7.74. The van der Waals surface area contributed by atoms with Gasteiger partial charge in [0.15, 0.2) is 11.6 Å². The van der Waals surface area contributed by atoms with Gasteiger partial charge in [-0.3, -0.25) is 4.90 Å². The molecule has 0 amide bonds. The summed E-state index contributed by atoms with van der Waals surface area (Å²) >= 11 is 0. The predicted octanol–water partition coefficient (Wildman–Crippen LogP) is 4.99. The van der Waals surface area contributed by atoms with Gasteiger partial charge in [0.05, 0.1) is 6.20 Å². The van der Waals surface area contributed by atoms with Gasteiger partial charge in [-0.1, -0.05) is 6.07 Å². The van der Waals surface area contributed by atoms with Crippen LogP contribution in [-0.4, -0.2) is 49.2 Å². The first kappa shape index (κ1) is 23.8. The van der Waals surface area contributed by atoms with Gasteiger partial charge in [-0.15, -0.1) is 0 Å². The summed E-state index contributed by atoms with van der Waals surface area (Å²) in [6.45, 7) is 2.20. The first-order chi connectivity index (χ1) is 17.8. The highest BCUT2D eigenvalue weighted by molar-refractivity contribution is 7.92. The van der Waals surface area contributed by atoms with Crippen molar-refractivity contribution in [1.29, 1.82) is 5.26 Å². The number of aromatic nitrogens is 3. The van der Waals surface area contributed by atoms with Crippen molar-refractivity contribution >= 4 is 38.8 Å². The predicted molar refractivity (Wildman–Crippen MR) is 145 cm³/mol. The molecular formula is C27H30N8OS. The number of nitriles is 1. The molecule has 0 unspecified atom stereocenters. The molecule has 3 heterocycles. The van der Waals surface area contributed by atoms with E-state index in [9.17, 15) is 9.47 Å². The van der Waals surface area contributed by atoms with Crippen LogP contribution in [0.15, 0.2) is 40.9 Å². The molecule has 2 aliphatic carbocycles. The van der Waals surface area contributed by atoms with Crippen molar-refractivity contribution in [3.05, 3.63) is 58.8 Å². The van der Waals surface area contributed by atoms with Crippen LogP contribution in [0.5, 0.6) is 0 Å². The maximum atomic E-state index is 12.1. The van der Waals surface area contributed by atoms with Gasteiger partial charge in [0.1, 0.15) is 17.5 Å². The van der Waals surface area contributed by atoms with Crippen LogP contribution in [0, 0.1) is 11.3 Å². The van der Waals surface area contributed by atoms with Gasteiger partial charge in [0, 0.05) is 47.1 Å². The quantitative estimate of drug-likeness (QED) is 0.472. The molecule has 10 heteroatoms. The van der Waals surface area contributed by atoms with Gasteiger partial charge in [0.2, 0.25) is 5.95 Å². The van der Waals surface area contributed by atoms with Gasteiger partial charge in [-0.2, -0.15) is 14.6 Å². The molecule has 6 rings (SSSR count). The van der Waals surface area contributed by atoms with Crippen molar-refractivity contribution in [3.63, 3.8) is 0 Å². The first-order valence-electron chi connectivity index (χ1n) is 12.7. The summed E-state index contributed by atoms with van der Waals surface area (Å²) in [5, 5.41) is 16.1. The first-order valence-corrected chi connectivity index (χ1v) is 15.0. The number of pyridine rings is 1. The second-order valence-corrected chi connectivity index (χ2v) is 13.0. The summed E-state index contributed by atoms with van der Waals surface area (Å²) in [5.41, 5.74) is 5.70. The van der Waals surface area contributed by atoms with Crippen LogP contribution in [0.25, 0.3) is 0 Å². The van der Waals surface area contributed by atoms with E-state index in [-0.39, 0.29) is 0 Å². The van der Waals surface area contributed by atoms with Gasteiger partial charge < -0.3 is 10.6 Å². The van der Waals surface area contributed by atoms with Crippen LogP contribution in [0.2, 0.25) is 0 Å². The summed E-state index contributed by atoms with van der Waals surface area (Å²) in [6, 6.07) is 12.6. The van der Waals surface area contributed by atoms with Gasteiger partial charge in [-0.05, 0) is 79.0 Å². The van der Waals surface area contributed by atoms with Crippen LogP contribution in [0.1, 0.15) is 53.9 Å². The fourth-order valence-corrected chi connectivity index (χ4v) is 6.05. The minimum absolute atomic E-state index is 0.299. The molecule has 2 aromatic heterocycles. The molecule has 1 aliphatic heterocycles. The molecule has 1 saturated carbocycles. The van der Waals surface area contributed by atoms with Crippen LogP contribution >= 0.6 is 0 Å². The van der Waals surface area contributed by atoms with E-state index in [0.29, 0.717) is 34.9 Å². The number of nitrogens with one attached hydrogen (secondary N) is 2. The minimum atomic E-state index is -2.34. The van der Waals surface area contributed by atoms with E-state index in [2.05, 4.69) is 53.1 Å². The largest absolute Gasteiger partial charge is 0.324 e. The van der Waals surface area contributed by atoms with Crippen LogP contribution in [-0.2, 0) is 22.7 Å². The Labute approximate surface area is 217 Å². The SMILES string of the molecule is CS(C)(=O)=Nc1cccc(Nc2nc(Nc3cc4c5c(c3)CN(C3CC3)C[C@H]5CCC4)ncc2C#N)n1. The standard InChI is InChI=1S/C27H30N8OS/c1-37(2,36)34-24-8-4-7-23(31-24)32-26-20(13-28)14-29-27(33-26)30-21-11-17-5-3-6-18-15-35(22-9-10-22)16-19(12-21)25(17)18/h4,7-8,11-12,14,18,22H,3,5-6,9-10,15-16H2,1-2H3,(H2,29,30,31,32,33)/t18-/m1/s1. The Bertz CT molecular complexity index is 1530. The van der Waals surface area contributed by atoms with Crippen LogP contribution in [0.3, 0.4) is 0 Å². The summed E-state index contributed by atoms with van der Waals surface area (Å²) in [7, 11) is -2.34. The zero-order valence-corrected chi connectivity index (χ0v) is 21.9. The summed E-state index contributed by atoms with van der Waals surface area (Å²) in [4.78, 5) is 16.0. The number of nitrogens with zero attached hydrogens (tertiary/aromatic N) is 6. The van der Waals surface area contributed by atoms with E-state index in [1.165, 1.54) is 49.6 Å². The molecule has 3 aliphatic rings. The monoisotopic (exact) mass is 514 g/mol. The third-order valence-electron chi connectivity index (χ3n) is 7.11. The number of anilines is 4. The Balaban J connectivity index is 1.28. The van der Waals surface area contributed by atoms with Gasteiger partial charge >= 0.3 is 0 Å². The van der Waals surface area contributed by atoms with Crippen molar-refractivity contribution in [3.8, 4) is 6.07 Å². The molecule has 2 N–H and O–H groups in total. The molecule has 3 aromatic rings. The summed E-state index contributed by atoms with van der Waals surface area (Å²) < 4.78 is 16.2.